The Morgan fingerprint density at radius 1 is 1.37 bits per heavy atom. The summed E-state index contributed by atoms with van der Waals surface area (Å²) in [5.74, 6) is 0.201. The maximum Gasteiger partial charge on any atom is 0.0771 e. The zero-order valence-corrected chi connectivity index (χ0v) is 14.6. The number of halogens is 2. The second-order valence-electron chi connectivity index (χ2n) is 6.83. The van der Waals surface area contributed by atoms with Crippen LogP contribution in [0.1, 0.15) is 53.4 Å². The fourth-order valence-corrected chi connectivity index (χ4v) is 3.28. The molecule has 19 heavy (non-hydrogen) atoms. The van der Waals surface area contributed by atoms with Gasteiger partial charge in [0.05, 0.1) is 11.2 Å². The van der Waals surface area contributed by atoms with Crippen molar-refractivity contribution in [3.8, 4) is 0 Å². The van der Waals surface area contributed by atoms with Gasteiger partial charge in [0.1, 0.15) is 0 Å². The van der Waals surface area contributed by atoms with Gasteiger partial charge in [-0.15, -0.1) is 11.6 Å². The van der Waals surface area contributed by atoms with Crippen molar-refractivity contribution in [1.29, 1.82) is 0 Å². The third-order valence-corrected chi connectivity index (χ3v) is 5.94. The molecule has 1 aliphatic carbocycles. The lowest BCUT2D eigenvalue weighted by Gasteiger charge is -2.43. The standard InChI is InChI=1S/C15H26BrClO2/c1-13(2,18)7-5-8-15(4,19)11-6-9-14(3,16)12(17)10-11/h5,7,11-12,18-19H,6,8-10H2,1-4H3/b7-5+/t11-,12-,14-,15-/m1/s1. The van der Waals surface area contributed by atoms with E-state index in [0.717, 1.165) is 19.3 Å². The predicted octanol–water partition coefficient (Wildman–Crippen LogP) is 4.02. The van der Waals surface area contributed by atoms with Gasteiger partial charge in [0.15, 0.2) is 0 Å². The maximum atomic E-state index is 10.6. The molecule has 0 unspecified atom stereocenters. The minimum absolute atomic E-state index is 0.0237. The molecule has 0 aromatic heterocycles. The highest BCUT2D eigenvalue weighted by Gasteiger charge is 2.42. The van der Waals surface area contributed by atoms with Gasteiger partial charge in [0.2, 0.25) is 0 Å². The maximum absolute atomic E-state index is 10.6. The van der Waals surface area contributed by atoms with E-state index >= 15 is 0 Å². The quantitative estimate of drug-likeness (QED) is 0.592. The molecule has 0 radical (unpaired) electrons. The molecule has 0 aromatic rings. The van der Waals surface area contributed by atoms with Gasteiger partial charge in [-0.2, -0.15) is 0 Å². The number of rotatable bonds is 4. The van der Waals surface area contributed by atoms with Crippen LogP contribution in [-0.2, 0) is 0 Å². The lowest BCUT2D eigenvalue weighted by molar-refractivity contribution is -0.0157. The predicted molar refractivity (Wildman–Crippen MR) is 85.0 cm³/mol. The van der Waals surface area contributed by atoms with Gasteiger partial charge in [-0.3, -0.25) is 0 Å². The molecular weight excluding hydrogens is 328 g/mol. The fourth-order valence-electron chi connectivity index (χ4n) is 2.54. The summed E-state index contributed by atoms with van der Waals surface area (Å²) in [6.45, 7) is 7.43. The summed E-state index contributed by atoms with van der Waals surface area (Å²) < 4.78 is -0.0237. The van der Waals surface area contributed by atoms with E-state index in [1.165, 1.54) is 0 Å². The Labute approximate surface area is 130 Å². The first kappa shape index (κ1) is 17.5. The summed E-state index contributed by atoms with van der Waals surface area (Å²) in [7, 11) is 0. The summed E-state index contributed by atoms with van der Waals surface area (Å²) in [4.78, 5) is 0. The summed E-state index contributed by atoms with van der Waals surface area (Å²) in [5, 5.41) is 20.3. The summed E-state index contributed by atoms with van der Waals surface area (Å²) in [6.07, 6.45) is 6.89. The molecule has 0 saturated heterocycles. The van der Waals surface area contributed by atoms with Crippen LogP contribution >= 0.6 is 27.5 Å². The van der Waals surface area contributed by atoms with Crippen molar-refractivity contribution in [2.24, 2.45) is 5.92 Å². The van der Waals surface area contributed by atoms with Crippen molar-refractivity contribution in [3.63, 3.8) is 0 Å². The summed E-state index contributed by atoms with van der Waals surface area (Å²) in [5.41, 5.74) is -1.59. The molecule has 1 rings (SSSR count). The van der Waals surface area contributed by atoms with E-state index in [1.807, 2.05) is 13.0 Å². The fraction of sp³-hybridized carbons (Fsp3) is 0.867. The Hall–Kier alpha value is 0.430. The van der Waals surface area contributed by atoms with Gasteiger partial charge in [0.25, 0.3) is 0 Å². The number of aliphatic hydroxyl groups is 2. The van der Waals surface area contributed by atoms with E-state index in [-0.39, 0.29) is 15.6 Å². The summed E-state index contributed by atoms with van der Waals surface area (Å²) >= 11 is 10.1. The second-order valence-corrected chi connectivity index (χ2v) is 9.17. The van der Waals surface area contributed by atoms with Gasteiger partial charge >= 0.3 is 0 Å². The number of hydrogen-bond donors (Lipinski definition) is 2. The average Bonchev–Trinajstić information content (AvgIpc) is 2.19. The van der Waals surface area contributed by atoms with Crippen molar-refractivity contribution in [2.75, 3.05) is 0 Å². The zero-order valence-electron chi connectivity index (χ0n) is 12.3. The molecule has 1 fully saturated rings. The molecule has 4 heteroatoms. The lowest BCUT2D eigenvalue weighted by atomic mass is 9.73. The van der Waals surface area contributed by atoms with Crippen LogP contribution in [0.5, 0.6) is 0 Å². The topological polar surface area (TPSA) is 40.5 Å². The van der Waals surface area contributed by atoms with Gasteiger partial charge in [-0.1, -0.05) is 28.1 Å². The third kappa shape index (κ3) is 5.37. The Morgan fingerprint density at radius 2 is 1.95 bits per heavy atom. The zero-order chi connectivity index (χ0) is 14.9. The van der Waals surface area contributed by atoms with E-state index < -0.39 is 11.2 Å². The van der Waals surface area contributed by atoms with Gasteiger partial charge in [-0.25, -0.2) is 0 Å². The van der Waals surface area contributed by atoms with Crippen LogP contribution < -0.4 is 0 Å². The molecule has 0 aromatic carbocycles. The van der Waals surface area contributed by atoms with Crippen molar-refractivity contribution < 1.29 is 10.2 Å². The molecule has 112 valence electrons. The first-order chi connectivity index (χ1) is 8.44. The molecular formula is C15H26BrClO2. The number of hydrogen-bond acceptors (Lipinski definition) is 2. The summed E-state index contributed by atoms with van der Waals surface area (Å²) in [6, 6.07) is 0. The SMILES string of the molecule is CC(C)(O)/C=C/C[C@@](C)(O)[C@@H]1CC[C@@](C)(Br)[C@H](Cl)C1. The van der Waals surface area contributed by atoms with Crippen LogP contribution in [0.4, 0.5) is 0 Å². The highest BCUT2D eigenvalue weighted by atomic mass is 79.9. The normalized spacial score (nSPS) is 36.4. The van der Waals surface area contributed by atoms with Crippen LogP contribution in [0.25, 0.3) is 0 Å². The van der Waals surface area contributed by atoms with Crippen molar-refractivity contribution in [1.82, 2.24) is 0 Å². The minimum Gasteiger partial charge on any atom is -0.390 e. The molecule has 1 saturated carbocycles. The van der Waals surface area contributed by atoms with Gasteiger partial charge in [-0.05, 0) is 59.3 Å². The molecule has 0 aliphatic heterocycles. The van der Waals surface area contributed by atoms with Crippen LogP contribution in [0.3, 0.4) is 0 Å². The van der Waals surface area contributed by atoms with E-state index in [4.69, 9.17) is 11.6 Å². The third-order valence-electron chi connectivity index (χ3n) is 4.06. The molecule has 1 aliphatic rings. The molecule has 4 atom stereocenters. The van der Waals surface area contributed by atoms with Crippen molar-refractivity contribution >= 4 is 27.5 Å². The largest absolute Gasteiger partial charge is 0.390 e. The molecule has 2 nitrogen and oxygen atoms in total. The Morgan fingerprint density at radius 3 is 2.42 bits per heavy atom. The second kappa shape index (κ2) is 6.05. The first-order valence-corrected chi connectivity index (χ1v) is 8.12. The molecule has 0 bridgehead atoms. The monoisotopic (exact) mass is 352 g/mol. The Balaban J connectivity index is 2.61. The smallest absolute Gasteiger partial charge is 0.0771 e. The molecule has 2 N–H and O–H groups in total. The molecule has 0 heterocycles. The van der Waals surface area contributed by atoms with Crippen LogP contribution in [0.2, 0.25) is 0 Å². The van der Waals surface area contributed by atoms with E-state index in [2.05, 4.69) is 22.9 Å². The van der Waals surface area contributed by atoms with Crippen LogP contribution in [-0.4, -0.2) is 31.1 Å². The van der Waals surface area contributed by atoms with Crippen LogP contribution in [0, 0.1) is 5.92 Å². The van der Waals surface area contributed by atoms with Crippen molar-refractivity contribution in [3.05, 3.63) is 12.2 Å². The van der Waals surface area contributed by atoms with E-state index in [9.17, 15) is 10.2 Å². The van der Waals surface area contributed by atoms with Gasteiger partial charge < -0.3 is 10.2 Å². The van der Waals surface area contributed by atoms with Gasteiger partial charge in [0, 0.05) is 9.70 Å². The minimum atomic E-state index is -0.827. The highest BCUT2D eigenvalue weighted by Crippen LogP contribution is 2.45. The average molecular weight is 354 g/mol. The Bertz CT molecular complexity index is 332. The Kier molecular flexibility index (Phi) is 5.56. The lowest BCUT2D eigenvalue weighted by Crippen LogP contribution is -2.44. The molecule has 0 amide bonds. The molecule has 0 spiro atoms. The number of alkyl halides is 2. The van der Waals surface area contributed by atoms with Crippen LogP contribution in [0.15, 0.2) is 12.2 Å². The van der Waals surface area contributed by atoms with Crippen molar-refractivity contribution in [2.45, 2.75) is 74.3 Å². The first-order valence-electron chi connectivity index (χ1n) is 6.89. The van der Waals surface area contributed by atoms with E-state index in [1.54, 1.807) is 19.9 Å². The van der Waals surface area contributed by atoms with E-state index in [0.29, 0.717) is 6.42 Å². The highest BCUT2D eigenvalue weighted by molar-refractivity contribution is 9.10.